The number of hydrogen-bond donors (Lipinski definition) is 1. The van der Waals surface area contributed by atoms with E-state index in [9.17, 15) is 8.78 Å². The van der Waals surface area contributed by atoms with Crippen molar-refractivity contribution in [3.05, 3.63) is 77.5 Å². The van der Waals surface area contributed by atoms with Gasteiger partial charge in [-0.25, -0.2) is 8.78 Å². The minimum atomic E-state index is -0.662. The summed E-state index contributed by atoms with van der Waals surface area (Å²) in [7, 11) is 1.38. The normalized spacial score (nSPS) is 17.7. The fourth-order valence-corrected chi connectivity index (χ4v) is 2.91. The third-order valence-corrected chi connectivity index (χ3v) is 4.32. The van der Waals surface area contributed by atoms with Gasteiger partial charge < -0.3 is 10.1 Å². The summed E-state index contributed by atoms with van der Waals surface area (Å²) in [6.07, 6.45) is 0.663. The Hall–Kier alpha value is -2.62. The molecule has 1 aliphatic heterocycles. The van der Waals surface area contributed by atoms with Gasteiger partial charge in [-0.15, -0.1) is 0 Å². The lowest BCUT2D eigenvalue weighted by Crippen LogP contribution is -2.25. The Morgan fingerprint density at radius 1 is 1.12 bits per heavy atom. The van der Waals surface area contributed by atoms with Crippen molar-refractivity contribution in [1.82, 2.24) is 5.32 Å². The maximum absolute atomic E-state index is 14.6. The molecule has 1 heterocycles. The first kappa shape index (κ1) is 16.2. The summed E-state index contributed by atoms with van der Waals surface area (Å²) in [5, 5.41) is 3.11. The van der Waals surface area contributed by atoms with Crippen molar-refractivity contribution >= 4 is 11.3 Å². The van der Waals surface area contributed by atoms with E-state index >= 15 is 0 Å². The quantitative estimate of drug-likeness (QED) is 0.858. The van der Waals surface area contributed by atoms with Gasteiger partial charge in [-0.05, 0) is 23.5 Å². The van der Waals surface area contributed by atoms with Gasteiger partial charge in [0, 0.05) is 17.8 Å². The summed E-state index contributed by atoms with van der Waals surface area (Å²) in [6, 6.07) is 12.0. The van der Waals surface area contributed by atoms with Crippen LogP contribution < -0.4 is 10.1 Å². The molecule has 0 bridgehead atoms. The molecule has 2 nitrogen and oxygen atoms in total. The van der Waals surface area contributed by atoms with Crippen molar-refractivity contribution in [2.75, 3.05) is 7.11 Å². The maximum Gasteiger partial charge on any atom is 0.139 e. The number of benzene rings is 2. The molecular formula is C20H19F2NO. The second kappa shape index (κ2) is 6.48. The average Bonchev–Trinajstić information content (AvgIpc) is 2.57. The van der Waals surface area contributed by atoms with Crippen LogP contribution in [0.5, 0.6) is 5.75 Å². The second-order valence-electron chi connectivity index (χ2n) is 5.94. The van der Waals surface area contributed by atoms with Crippen LogP contribution >= 0.6 is 0 Å². The van der Waals surface area contributed by atoms with Gasteiger partial charge in [-0.1, -0.05) is 43.8 Å². The average molecular weight is 327 g/mol. The van der Waals surface area contributed by atoms with Crippen LogP contribution in [-0.4, -0.2) is 7.11 Å². The van der Waals surface area contributed by atoms with Gasteiger partial charge in [0.1, 0.15) is 17.4 Å². The summed E-state index contributed by atoms with van der Waals surface area (Å²) in [5.74, 6) is -0.998. The molecule has 0 spiro atoms. The van der Waals surface area contributed by atoms with E-state index in [1.54, 1.807) is 0 Å². The van der Waals surface area contributed by atoms with E-state index in [4.69, 9.17) is 4.74 Å². The van der Waals surface area contributed by atoms with Gasteiger partial charge in [-0.3, -0.25) is 0 Å². The predicted molar refractivity (Wildman–Crippen MR) is 92.2 cm³/mol. The molecule has 24 heavy (non-hydrogen) atoms. The van der Waals surface area contributed by atoms with E-state index < -0.39 is 11.6 Å². The summed E-state index contributed by atoms with van der Waals surface area (Å²) in [5.41, 5.74) is 2.91. The Morgan fingerprint density at radius 2 is 1.75 bits per heavy atom. The molecule has 0 aliphatic carbocycles. The first-order valence-electron chi connectivity index (χ1n) is 7.79. The molecule has 2 aromatic rings. The SMILES string of the molecule is C=C1NC(c2c(F)cc(OC)cc2F)=C(c2ccccc2)CC1C. The Balaban J connectivity index is 2.23. The fourth-order valence-electron chi connectivity index (χ4n) is 2.91. The highest BCUT2D eigenvalue weighted by molar-refractivity contribution is 5.92. The second-order valence-corrected chi connectivity index (χ2v) is 5.94. The number of nitrogens with one attached hydrogen (secondary N) is 1. The Bertz CT molecular complexity index is 789. The molecule has 0 amide bonds. The van der Waals surface area contributed by atoms with Gasteiger partial charge in [0.25, 0.3) is 0 Å². The molecule has 0 saturated carbocycles. The third-order valence-electron chi connectivity index (χ3n) is 4.32. The molecule has 1 atom stereocenters. The van der Waals surface area contributed by atoms with Crippen molar-refractivity contribution < 1.29 is 13.5 Å². The molecular weight excluding hydrogens is 308 g/mol. The monoisotopic (exact) mass is 327 g/mol. The number of ether oxygens (including phenoxy) is 1. The molecule has 2 aromatic carbocycles. The Labute approximate surface area is 140 Å². The minimum Gasteiger partial charge on any atom is -0.497 e. The zero-order valence-electron chi connectivity index (χ0n) is 13.7. The van der Waals surface area contributed by atoms with Gasteiger partial charge >= 0.3 is 0 Å². The van der Waals surface area contributed by atoms with Crippen molar-refractivity contribution in [2.24, 2.45) is 5.92 Å². The minimum absolute atomic E-state index is 0.0808. The van der Waals surface area contributed by atoms with E-state index in [-0.39, 0.29) is 17.2 Å². The van der Waals surface area contributed by atoms with Crippen molar-refractivity contribution in [3.63, 3.8) is 0 Å². The van der Waals surface area contributed by atoms with E-state index in [2.05, 4.69) is 11.9 Å². The maximum atomic E-state index is 14.6. The summed E-state index contributed by atoms with van der Waals surface area (Å²) in [4.78, 5) is 0. The zero-order chi connectivity index (χ0) is 17.3. The van der Waals surface area contributed by atoms with Crippen LogP contribution in [-0.2, 0) is 0 Å². The van der Waals surface area contributed by atoms with Crippen LogP contribution in [0.4, 0.5) is 8.78 Å². The molecule has 124 valence electrons. The lowest BCUT2D eigenvalue weighted by Gasteiger charge is -2.29. The molecule has 0 radical (unpaired) electrons. The highest BCUT2D eigenvalue weighted by atomic mass is 19.1. The molecule has 3 rings (SSSR count). The Kier molecular flexibility index (Phi) is 4.38. The standard InChI is InChI=1S/C20H19F2NO/c1-12-9-16(14-7-5-4-6-8-14)20(23-13(12)2)19-17(21)10-15(24-3)11-18(19)22/h4-8,10-12,23H,2,9H2,1,3H3. The molecule has 0 aromatic heterocycles. The molecule has 1 unspecified atom stereocenters. The largest absolute Gasteiger partial charge is 0.497 e. The Morgan fingerprint density at radius 3 is 2.33 bits per heavy atom. The lowest BCUT2D eigenvalue weighted by molar-refractivity contribution is 0.406. The predicted octanol–water partition coefficient (Wildman–Crippen LogP) is 4.98. The van der Waals surface area contributed by atoms with E-state index in [1.807, 2.05) is 37.3 Å². The van der Waals surface area contributed by atoms with Gasteiger partial charge in [0.2, 0.25) is 0 Å². The number of allylic oxidation sites excluding steroid dienone is 2. The van der Waals surface area contributed by atoms with Crippen LogP contribution in [0, 0.1) is 17.6 Å². The zero-order valence-corrected chi connectivity index (χ0v) is 13.7. The van der Waals surface area contributed by atoms with Crippen LogP contribution in [0.25, 0.3) is 11.3 Å². The first-order valence-corrected chi connectivity index (χ1v) is 7.79. The smallest absolute Gasteiger partial charge is 0.139 e. The lowest BCUT2D eigenvalue weighted by atomic mass is 9.86. The van der Waals surface area contributed by atoms with E-state index in [0.29, 0.717) is 12.1 Å². The van der Waals surface area contributed by atoms with Crippen LogP contribution in [0.3, 0.4) is 0 Å². The summed E-state index contributed by atoms with van der Waals surface area (Å²) >= 11 is 0. The van der Waals surface area contributed by atoms with Crippen molar-refractivity contribution in [2.45, 2.75) is 13.3 Å². The van der Waals surface area contributed by atoms with Crippen molar-refractivity contribution in [3.8, 4) is 5.75 Å². The van der Waals surface area contributed by atoms with E-state index in [1.165, 1.54) is 19.2 Å². The van der Waals surface area contributed by atoms with E-state index in [0.717, 1.165) is 16.8 Å². The van der Waals surface area contributed by atoms with Gasteiger partial charge in [-0.2, -0.15) is 0 Å². The molecule has 0 fully saturated rings. The third kappa shape index (κ3) is 2.92. The fraction of sp³-hybridized carbons (Fsp3) is 0.200. The van der Waals surface area contributed by atoms with Crippen LogP contribution in [0.2, 0.25) is 0 Å². The molecule has 1 aliphatic rings. The van der Waals surface area contributed by atoms with Crippen molar-refractivity contribution in [1.29, 1.82) is 0 Å². The van der Waals surface area contributed by atoms with Gasteiger partial charge in [0.05, 0.1) is 18.4 Å². The topological polar surface area (TPSA) is 21.3 Å². The first-order chi connectivity index (χ1) is 11.5. The highest BCUT2D eigenvalue weighted by Crippen LogP contribution is 2.38. The summed E-state index contributed by atoms with van der Waals surface area (Å²) in [6.45, 7) is 6.01. The molecule has 0 saturated heterocycles. The summed E-state index contributed by atoms with van der Waals surface area (Å²) < 4.78 is 34.1. The van der Waals surface area contributed by atoms with Gasteiger partial charge in [0.15, 0.2) is 0 Å². The number of hydrogen-bond acceptors (Lipinski definition) is 2. The number of methoxy groups -OCH3 is 1. The number of rotatable bonds is 3. The van der Waals surface area contributed by atoms with Crippen LogP contribution in [0.15, 0.2) is 54.7 Å². The molecule has 4 heteroatoms. The number of halogens is 2. The molecule has 1 N–H and O–H groups in total. The highest BCUT2D eigenvalue weighted by Gasteiger charge is 2.26. The van der Waals surface area contributed by atoms with Crippen LogP contribution in [0.1, 0.15) is 24.5 Å².